The highest BCUT2D eigenvalue weighted by Gasteiger charge is 2.46. The van der Waals surface area contributed by atoms with E-state index in [-0.39, 0.29) is 11.6 Å². The molecule has 0 amide bonds. The smallest absolute Gasteiger partial charge is 0.0651 e. The summed E-state index contributed by atoms with van der Waals surface area (Å²) in [5, 5.41) is 0. The fourth-order valence-electron chi connectivity index (χ4n) is 3.63. The molecule has 2 fully saturated rings. The maximum atomic E-state index is 5.79. The second-order valence-corrected chi connectivity index (χ2v) is 5.38. The molecule has 3 N–H and O–H groups in total. The summed E-state index contributed by atoms with van der Waals surface area (Å²) in [5.41, 5.74) is 3.29. The van der Waals surface area contributed by atoms with Crippen LogP contribution in [0.25, 0.3) is 0 Å². The number of nitrogens with one attached hydrogen (secondary N) is 1. The monoisotopic (exact) mass is 241 g/mol. The van der Waals surface area contributed by atoms with E-state index in [2.05, 4.69) is 10.3 Å². The molecule has 1 aliphatic carbocycles. The molecule has 0 aromatic carbocycles. The third-order valence-electron chi connectivity index (χ3n) is 4.54. The molecule has 1 saturated carbocycles. The summed E-state index contributed by atoms with van der Waals surface area (Å²) in [4.78, 5) is 2.67. The van der Waals surface area contributed by atoms with Gasteiger partial charge in [0.15, 0.2) is 0 Å². The number of likely N-dealkylation sites (tertiary alicyclic amines) is 1. The largest absolute Gasteiger partial charge is 0.380 e. The molecular formula is C13H27N3O. The normalized spacial score (nSPS) is 26.5. The first kappa shape index (κ1) is 13.3. The van der Waals surface area contributed by atoms with Gasteiger partial charge in [0.1, 0.15) is 0 Å². The van der Waals surface area contributed by atoms with Crippen molar-refractivity contribution in [3.05, 3.63) is 0 Å². The van der Waals surface area contributed by atoms with Crippen LogP contribution in [-0.2, 0) is 4.74 Å². The number of nitrogens with zero attached hydrogens (tertiary/aromatic N) is 1. The zero-order chi connectivity index (χ0) is 12.1. The van der Waals surface area contributed by atoms with Crippen LogP contribution in [0.3, 0.4) is 0 Å². The Labute approximate surface area is 105 Å². The molecule has 2 rings (SSSR count). The van der Waals surface area contributed by atoms with Crippen molar-refractivity contribution in [2.24, 2.45) is 5.84 Å². The highest BCUT2D eigenvalue weighted by atomic mass is 16.5. The predicted molar refractivity (Wildman–Crippen MR) is 69.6 cm³/mol. The summed E-state index contributed by atoms with van der Waals surface area (Å²) in [6.07, 6.45) is 7.90. The zero-order valence-electron chi connectivity index (χ0n) is 11.1. The number of hydrazine groups is 1. The number of hydrogen-bond donors (Lipinski definition) is 2. The van der Waals surface area contributed by atoms with Crippen molar-refractivity contribution in [2.75, 3.05) is 26.3 Å². The summed E-state index contributed by atoms with van der Waals surface area (Å²) >= 11 is 0. The van der Waals surface area contributed by atoms with Gasteiger partial charge in [-0.3, -0.25) is 16.2 Å². The lowest BCUT2D eigenvalue weighted by Crippen LogP contribution is -2.62. The molecule has 0 aromatic rings. The van der Waals surface area contributed by atoms with E-state index in [1.807, 2.05) is 6.92 Å². The number of rotatable bonds is 6. The Balaban J connectivity index is 2.07. The zero-order valence-corrected chi connectivity index (χ0v) is 11.1. The van der Waals surface area contributed by atoms with E-state index >= 15 is 0 Å². The Kier molecular flexibility index (Phi) is 4.79. The van der Waals surface area contributed by atoms with Crippen LogP contribution in [0.5, 0.6) is 0 Å². The third-order valence-corrected chi connectivity index (χ3v) is 4.54. The second-order valence-electron chi connectivity index (χ2n) is 5.38. The fraction of sp³-hybridized carbons (Fsp3) is 1.00. The average Bonchev–Trinajstić information content (AvgIpc) is 3.01. The summed E-state index contributed by atoms with van der Waals surface area (Å²) < 4.78 is 5.61. The minimum atomic E-state index is 0.264. The molecule has 17 heavy (non-hydrogen) atoms. The van der Waals surface area contributed by atoms with Gasteiger partial charge in [0, 0.05) is 12.1 Å². The summed E-state index contributed by atoms with van der Waals surface area (Å²) in [7, 11) is 0. The molecule has 1 atom stereocenters. The van der Waals surface area contributed by atoms with Gasteiger partial charge < -0.3 is 4.74 Å². The first-order chi connectivity index (χ1) is 8.33. The van der Waals surface area contributed by atoms with E-state index < -0.39 is 0 Å². The van der Waals surface area contributed by atoms with Gasteiger partial charge in [-0.05, 0) is 45.7 Å². The van der Waals surface area contributed by atoms with Crippen molar-refractivity contribution in [3.63, 3.8) is 0 Å². The lowest BCUT2D eigenvalue weighted by Gasteiger charge is -2.44. The quantitative estimate of drug-likeness (QED) is 0.543. The maximum Gasteiger partial charge on any atom is 0.0651 e. The first-order valence-electron chi connectivity index (χ1n) is 7.12. The predicted octanol–water partition coefficient (Wildman–Crippen LogP) is 1.26. The van der Waals surface area contributed by atoms with E-state index in [1.165, 1.54) is 51.6 Å². The van der Waals surface area contributed by atoms with Crippen LogP contribution in [-0.4, -0.2) is 42.8 Å². The van der Waals surface area contributed by atoms with Gasteiger partial charge in [-0.25, -0.2) is 0 Å². The van der Waals surface area contributed by atoms with Crippen LogP contribution in [0.2, 0.25) is 0 Å². The van der Waals surface area contributed by atoms with Gasteiger partial charge in [-0.2, -0.15) is 0 Å². The van der Waals surface area contributed by atoms with Crippen molar-refractivity contribution in [1.29, 1.82) is 0 Å². The van der Waals surface area contributed by atoms with Gasteiger partial charge in [-0.1, -0.05) is 12.8 Å². The Bertz CT molecular complexity index is 223. The minimum absolute atomic E-state index is 0.264. The Morgan fingerprint density at radius 2 is 1.88 bits per heavy atom. The van der Waals surface area contributed by atoms with E-state index in [0.717, 1.165) is 13.2 Å². The van der Waals surface area contributed by atoms with Crippen LogP contribution < -0.4 is 11.3 Å². The first-order valence-corrected chi connectivity index (χ1v) is 7.12. The van der Waals surface area contributed by atoms with Crippen molar-refractivity contribution in [2.45, 2.75) is 57.0 Å². The number of nitrogens with two attached hydrogens (primary N) is 1. The molecule has 1 saturated heterocycles. The second kappa shape index (κ2) is 6.14. The molecule has 4 heteroatoms. The van der Waals surface area contributed by atoms with Crippen LogP contribution in [0.1, 0.15) is 45.4 Å². The van der Waals surface area contributed by atoms with Gasteiger partial charge in [0.2, 0.25) is 0 Å². The lowest BCUT2D eigenvalue weighted by molar-refractivity contribution is 0.0230. The van der Waals surface area contributed by atoms with Crippen LogP contribution in [0.4, 0.5) is 0 Å². The summed E-state index contributed by atoms with van der Waals surface area (Å²) in [6.45, 7) is 6.04. The topological polar surface area (TPSA) is 50.5 Å². The molecule has 100 valence electrons. The molecule has 0 bridgehead atoms. The summed E-state index contributed by atoms with van der Waals surface area (Å²) in [6, 6.07) is 0.281. The van der Waals surface area contributed by atoms with E-state index in [0.29, 0.717) is 0 Å². The maximum absolute atomic E-state index is 5.79. The minimum Gasteiger partial charge on any atom is -0.380 e. The molecular weight excluding hydrogens is 214 g/mol. The average molecular weight is 241 g/mol. The van der Waals surface area contributed by atoms with Gasteiger partial charge in [-0.15, -0.1) is 0 Å². The SMILES string of the molecule is CCOCC(NN)C1(N2CCCC2)CCCC1. The Morgan fingerprint density at radius 1 is 1.24 bits per heavy atom. The highest BCUT2D eigenvalue weighted by Crippen LogP contribution is 2.39. The molecule has 2 aliphatic rings. The Morgan fingerprint density at radius 3 is 2.41 bits per heavy atom. The van der Waals surface area contributed by atoms with E-state index in [9.17, 15) is 0 Å². The molecule has 0 radical (unpaired) electrons. The summed E-state index contributed by atoms with van der Waals surface area (Å²) in [5.74, 6) is 5.79. The molecule has 0 aromatic heterocycles. The van der Waals surface area contributed by atoms with Crippen molar-refractivity contribution >= 4 is 0 Å². The van der Waals surface area contributed by atoms with E-state index in [4.69, 9.17) is 10.6 Å². The van der Waals surface area contributed by atoms with Crippen molar-refractivity contribution in [1.82, 2.24) is 10.3 Å². The highest BCUT2D eigenvalue weighted by molar-refractivity contribution is 5.04. The molecule has 0 spiro atoms. The standard InChI is InChI=1S/C13H27N3O/c1-2-17-11-12(15-14)13(7-3-4-8-13)16-9-5-6-10-16/h12,15H,2-11,14H2,1H3. The molecule has 1 unspecified atom stereocenters. The van der Waals surface area contributed by atoms with Gasteiger partial charge in [0.05, 0.1) is 12.6 Å². The van der Waals surface area contributed by atoms with Crippen LogP contribution in [0.15, 0.2) is 0 Å². The third kappa shape index (κ3) is 2.65. The van der Waals surface area contributed by atoms with Crippen LogP contribution >= 0.6 is 0 Å². The molecule has 1 aliphatic heterocycles. The number of ether oxygens (including phenoxy) is 1. The van der Waals surface area contributed by atoms with Crippen molar-refractivity contribution in [3.8, 4) is 0 Å². The van der Waals surface area contributed by atoms with Gasteiger partial charge >= 0.3 is 0 Å². The van der Waals surface area contributed by atoms with Gasteiger partial charge in [0.25, 0.3) is 0 Å². The van der Waals surface area contributed by atoms with E-state index in [1.54, 1.807) is 0 Å². The molecule has 4 nitrogen and oxygen atoms in total. The fourth-order valence-corrected chi connectivity index (χ4v) is 3.63. The molecule has 1 heterocycles. The van der Waals surface area contributed by atoms with Crippen LogP contribution in [0, 0.1) is 0 Å². The van der Waals surface area contributed by atoms with Crippen molar-refractivity contribution < 1.29 is 4.74 Å². The number of hydrogen-bond acceptors (Lipinski definition) is 4. The lowest BCUT2D eigenvalue weighted by atomic mass is 9.87. The Hall–Kier alpha value is -0.160.